The molecule has 0 saturated heterocycles. The Bertz CT molecular complexity index is 583. The van der Waals surface area contributed by atoms with Gasteiger partial charge in [0.2, 0.25) is 5.76 Å². The van der Waals surface area contributed by atoms with Crippen molar-refractivity contribution >= 4 is 17.7 Å². The van der Waals surface area contributed by atoms with Crippen molar-refractivity contribution in [1.82, 2.24) is 0 Å². The van der Waals surface area contributed by atoms with Crippen LogP contribution in [-0.2, 0) is 0 Å². The Kier molecular flexibility index (Phi) is 4.74. The fourth-order valence-electron chi connectivity index (χ4n) is 1.83. The Morgan fingerprint density at radius 3 is 2.55 bits per heavy atom. The van der Waals surface area contributed by atoms with Gasteiger partial charge in [0, 0.05) is 5.75 Å². The molecule has 5 heteroatoms. The van der Waals surface area contributed by atoms with E-state index in [-0.39, 0.29) is 5.76 Å². The Morgan fingerprint density at radius 1 is 1.25 bits per heavy atom. The van der Waals surface area contributed by atoms with Gasteiger partial charge in [0.05, 0.1) is 6.61 Å². The molecule has 0 saturated carbocycles. The number of rotatable bonds is 6. The van der Waals surface area contributed by atoms with Crippen LogP contribution in [0.1, 0.15) is 21.7 Å². The number of aryl methyl sites for hydroxylation is 2. The number of thioether (sulfide) groups is 1. The second-order valence-corrected chi connectivity index (χ2v) is 5.54. The van der Waals surface area contributed by atoms with E-state index < -0.39 is 5.97 Å². The molecule has 106 valence electrons. The third-order valence-electron chi connectivity index (χ3n) is 2.58. The van der Waals surface area contributed by atoms with E-state index in [2.05, 4.69) is 6.07 Å². The van der Waals surface area contributed by atoms with E-state index >= 15 is 0 Å². The normalized spacial score (nSPS) is 10.5. The van der Waals surface area contributed by atoms with Crippen molar-refractivity contribution in [2.24, 2.45) is 0 Å². The molecule has 0 radical (unpaired) electrons. The van der Waals surface area contributed by atoms with E-state index in [9.17, 15) is 4.79 Å². The lowest BCUT2D eigenvalue weighted by atomic mass is 10.1. The molecule has 0 aliphatic rings. The molecule has 4 nitrogen and oxygen atoms in total. The predicted octanol–water partition coefficient (Wildman–Crippen LogP) is 3.77. The van der Waals surface area contributed by atoms with Gasteiger partial charge in [0.25, 0.3) is 0 Å². The first-order valence-corrected chi connectivity index (χ1v) is 7.20. The van der Waals surface area contributed by atoms with Crippen LogP contribution in [0.15, 0.2) is 39.8 Å². The third kappa shape index (κ3) is 4.06. The van der Waals surface area contributed by atoms with Crippen LogP contribution in [0.4, 0.5) is 0 Å². The summed E-state index contributed by atoms with van der Waals surface area (Å²) in [5.74, 6) is 0.458. The zero-order chi connectivity index (χ0) is 14.5. The highest BCUT2D eigenvalue weighted by atomic mass is 32.2. The molecule has 2 rings (SSSR count). The van der Waals surface area contributed by atoms with Gasteiger partial charge in [-0.25, -0.2) is 4.79 Å². The SMILES string of the molecule is Cc1cc(C)cc(OCCSc2ccc(C(=O)O)o2)c1. The minimum absolute atomic E-state index is 0.0391. The summed E-state index contributed by atoms with van der Waals surface area (Å²) in [5.41, 5.74) is 2.34. The lowest BCUT2D eigenvalue weighted by molar-refractivity contribution is 0.0656. The molecule has 1 N–H and O–H groups in total. The first kappa shape index (κ1) is 14.5. The number of carbonyl (C=O) groups is 1. The maximum Gasteiger partial charge on any atom is 0.371 e. The zero-order valence-electron chi connectivity index (χ0n) is 11.4. The molecule has 0 aliphatic heterocycles. The first-order valence-electron chi connectivity index (χ1n) is 6.21. The maximum absolute atomic E-state index is 10.7. The number of aromatic carboxylic acids is 1. The molecular formula is C15H16O4S. The first-order chi connectivity index (χ1) is 9.54. The fourth-order valence-corrected chi connectivity index (χ4v) is 2.51. The summed E-state index contributed by atoms with van der Waals surface area (Å²) in [6.45, 7) is 4.60. The molecule has 2 aromatic rings. The molecule has 0 bridgehead atoms. The second-order valence-electron chi connectivity index (χ2n) is 4.44. The van der Waals surface area contributed by atoms with Gasteiger partial charge in [-0.15, -0.1) is 0 Å². The number of ether oxygens (including phenoxy) is 1. The summed E-state index contributed by atoms with van der Waals surface area (Å²) in [6, 6.07) is 9.19. The van der Waals surface area contributed by atoms with Crippen LogP contribution in [0, 0.1) is 13.8 Å². The summed E-state index contributed by atoms with van der Waals surface area (Å²) in [7, 11) is 0. The molecule has 0 atom stereocenters. The molecule has 0 spiro atoms. The predicted molar refractivity (Wildman–Crippen MR) is 77.8 cm³/mol. The summed E-state index contributed by atoms with van der Waals surface area (Å²) >= 11 is 1.43. The lowest BCUT2D eigenvalue weighted by Crippen LogP contribution is -2.00. The van der Waals surface area contributed by atoms with E-state index in [0.717, 1.165) is 5.75 Å². The van der Waals surface area contributed by atoms with Crippen molar-refractivity contribution in [2.75, 3.05) is 12.4 Å². The third-order valence-corrected chi connectivity index (χ3v) is 3.46. The Labute approximate surface area is 121 Å². The summed E-state index contributed by atoms with van der Waals surface area (Å²) in [5, 5.41) is 9.33. The van der Waals surface area contributed by atoms with Crippen LogP contribution in [0.3, 0.4) is 0 Å². The van der Waals surface area contributed by atoms with Gasteiger partial charge < -0.3 is 14.3 Å². The number of benzene rings is 1. The average molecular weight is 292 g/mol. The molecule has 1 aromatic carbocycles. The highest BCUT2D eigenvalue weighted by Gasteiger charge is 2.08. The van der Waals surface area contributed by atoms with Crippen molar-refractivity contribution in [2.45, 2.75) is 18.9 Å². The van der Waals surface area contributed by atoms with Gasteiger partial charge in [0.1, 0.15) is 5.75 Å². The lowest BCUT2D eigenvalue weighted by Gasteiger charge is -2.07. The summed E-state index contributed by atoms with van der Waals surface area (Å²) in [4.78, 5) is 10.7. The number of carboxylic acid groups (broad SMARTS) is 1. The number of carboxylic acids is 1. The summed E-state index contributed by atoms with van der Waals surface area (Å²) < 4.78 is 10.8. The topological polar surface area (TPSA) is 59.7 Å². The van der Waals surface area contributed by atoms with Crippen LogP contribution in [0.25, 0.3) is 0 Å². The van der Waals surface area contributed by atoms with Crippen LogP contribution in [0.2, 0.25) is 0 Å². The van der Waals surface area contributed by atoms with Crippen LogP contribution in [-0.4, -0.2) is 23.4 Å². The van der Waals surface area contributed by atoms with Gasteiger partial charge in [-0.05, 0) is 49.2 Å². The molecule has 0 unspecified atom stereocenters. The number of hydrogen-bond donors (Lipinski definition) is 1. The molecule has 20 heavy (non-hydrogen) atoms. The van der Waals surface area contributed by atoms with E-state index in [1.165, 1.54) is 29.0 Å². The number of hydrogen-bond acceptors (Lipinski definition) is 4. The molecule has 1 heterocycles. The van der Waals surface area contributed by atoms with Gasteiger partial charge in [-0.1, -0.05) is 17.8 Å². The van der Waals surface area contributed by atoms with Crippen molar-refractivity contribution in [3.05, 3.63) is 47.2 Å². The largest absolute Gasteiger partial charge is 0.493 e. The molecule has 0 aliphatic carbocycles. The van der Waals surface area contributed by atoms with E-state index in [1.807, 2.05) is 26.0 Å². The van der Waals surface area contributed by atoms with Crippen molar-refractivity contribution in [3.8, 4) is 5.75 Å². The zero-order valence-corrected chi connectivity index (χ0v) is 12.2. The minimum Gasteiger partial charge on any atom is -0.493 e. The Hall–Kier alpha value is -1.88. The Balaban J connectivity index is 1.79. The van der Waals surface area contributed by atoms with E-state index in [0.29, 0.717) is 17.5 Å². The van der Waals surface area contributed by atoms with Crippen molar-refractivity contribution in [3.63, 3.8) is 0 Å². The second kappa shape index (κ2) is 6.52. The standard InChI is InChI=1S/C15H16O4S/c1-10-7-11(2)9-12(8-10)18-5-6-20-14-4-3-13(19-14)15(16)17/h3-4,7-9H,5-6H2,1-2H3,(H,16,17). The molecule has 1 aromatic heterocycles. The maximum atomic E-state index is 10.7. The van der Waals surface area contributed by atoms with Crippen molar-refractivity contribution in [1.29, 1.82) is 0 Å². The van der Waals surface area contributed by atoms with Crippen molar-refractivity contribution < 1.29 is 19.1 Å². The molecule has 0 amide bonds. The monoisotopic (exact) mass is 292 g/mol. The highest BCUT2D eigenvalue weighted by Crippen LogP contribution is 2.22. The van der Waals surface area contributed by atoms with Gasteiger partial charge in [-0.3, -0.25) is 0 Å². The van der Waals surface area contributed by atoms with Gasteiger partial charge in [-0.2, -0.15) is 0 Å². The quantitative estimate of drug-likeness (QED) is 0.649. The van der Waals surface area contributed by atoms with E-state index in [4.69, 9.17) is 14.3 Å². The highest BCUT2D eigenvalue weighted by molar-refractivity contribution is 7.99. The molecular weight excluding hydrogens is 276 g/mol. The smallest absolute Gasteiger partial charge is 0.371 e. The fraction of sp³-hybridized carbons (Fsp3) is 0.267. The average Bonchev–Trinajstić information content (AvgIpc) is 2.82. The van der Waals surface area contributed by atoms with Gasteiger partial charge >= 0.3 is 5.97 Å². The summed E-state index contributed by atoms with van der Waals surface area (Å²) in [6.07, 6.45) is 0. The van der Waals surface area contributed by atoms with Crippen LogP contribution >= 0.6 is 11.8 Å². The number of furan rings is 1. The molecule has 0 fully saturated rings. The van der Waals surface area contributed by atoms with Gasteiger partial charge in [0.15, 0.2) is 5.09 Å². The van der Waals surface area contributed by atoms with Crippen LogP contribution < -0.4 is 4.74 Å². The minimum atomic E-state index is -1.05. The Morgan fingerprint density at radius 2 is 1.95 bits per heavy atom. The van der Waals surface area contributed by atoms with Crippen LogP contribution in [0.5, 0.6) is 5.75 Å². The van der Waals surface area contributed by atoms with E-state index in [1.54, 1.807) is 6.07 Å².